The third-order valence-electron chi connectivity index (χ3n) is 17.6. The zero-order valence-corrected chi connectivity index (χ0v) is 73.9. The fourth-order valence-corrected chi connectivity index (χ4v) is 15.3. The Morgan fingerprint density at radius 3 is 0.906 bits per heavy atom. The lowest BCUT2D eigenvalue weighted by molar-refractivity contribution is -0.870. The van der Waals surface area contributed by atoms with Crippen LogP contribution in [0.3, 0.4) is 0 Å². The Hall–Kier alpha value is -14.7. The second kappa shape index (κ2) is 44.6. The highest BCUT2D eigenvalue weighted by molar-refractivity contribution is 7.92. The summed E-state index contributed by atoms with van der Waals surface area (Å²) in [7, 11) is 13.6. The van der Waals surface area contributed by atoms with Crippen LogP contribution in [-0.4, -0.2) is 274 Å². The lowest BCUT2D eigenvalue weighted by Crippen LogP contribution is -2.37. The molecule has 0 amide bonds. The molecule has 127 heavy (non-hydrogen) atoms. The van der Waals surface area contributed by atoms with Gasteiger partial charge in [-0.05, 0) is 108 Å². The number of carbonyl (C=O) groups is 6. The first-order valence-corrected chi connectivity index (χ1v) is 42.1. The molecule has 3 heterocycles. The number of benzene rings is 9. The molecule has 0 aliphatic rings. The summed E-state index contributed by atoms with van der Waals surface area (Å²) in [5.41, 5.74) is 3.55. The SMILES string of the molecule is COc1ccc(-n2cc(-c3ccccc3S(=O)(=O)c3ccc(C(=O)[O-])cc3)nn2)c(OC)c1.COc1ccc(OC)c(-n2cc(-c3ccccc3S(=O)(=O)c3ccc(C(=O)[O-])cc3)nn2)c1.COc1ccccc1-n1cc(-c2ccccc2S(=O)(=O)c2ccc(C(=O)[O-])cc2)nn1.C[N+](C)(C)CCOC(=O)O.C[N+](C)(C)CCOC(=O)O.C[N+](C)(C)CCOC(=O)O. The largest absolute Gasteiger partial charge is 0.545 e. The molecular formula is C86H94N12O26S3. The van der Waals surface area contributed by atoms with Crippen molar-refractivity contribution in [3.63, 3.8) is 0 Å². The summed E-state index contributed by atoms with van der Waals surface area (Å²) in [6.07, 6.45) is 1.20. The lowest BCUT2D eigenvalue weighted by atomic mass is 10.2. The van der Waals surface area contributed by atoms with Crippen molar-refractivity contribution in [2.75, 3.05) is 138 Å². The van der Waals surface area contributed by atoms with E-state index in [0.717, 1.165) is 0 Å². The van der Waals surface area contributed by atoms with Gasteiger partial charge in [-0.25, -0.2) is 53.7 Å². The van der Waals surface area contributed by atoms with E-state index in [1.807, 2.05) is 75.6 Å². The fourth-order valence-electron chi connectivity index (χ4n) is 10.9. The minimum absolute atomic E-state index is 0.0101. The molecule has 0 fully saturated rings. The van der Waals surface area contributed by atoms with Crippen LogP contribution in [0, 0.1) is 0 Å². The van der Waals surface area contributed by atoms with Crippen LogP contribution in [0.5, 0.6) is 28.7 Å². The summed E-state index contributed by atoms with van der Waals surface area (Å²) in [5.74, 6) is -1.33. The number of ether oxygens (including phenoxy) is 8. The molecule has 0 aliphatic heterocycles. The summed E-state index contributed by atoms with van der Waals surface area (Å²) in [6.45, 7) is 2.89. The predicted octanol–water partition coefficient (Wildman–Crippen LogP) is 7.60. The zero-order valence-electron chi connectivity index (χ0n) is 71.4. The standard InChI is InChI=1S/2C23H19N3O6S.C22H17N3O5S.3C6H13NO3/c1-31-16-9-12-21(32-2)20(13-16)26-14-19(24-25-26)18-5-3-4-6-22(18)33(29,30)17-10-7-15(8-11-17)23(27)28;1-31-16-9-12-20(21(13-16)32-2)26-14-19(24-25-26)18-5-3-4-6-22(18)33(29,30)17-10-7-15(8-11-17)23(27)28;1-30-20-8-4-3-7-19(20)25-14-18(23-24-25)17-6-2-5-9-21(17)31(28,29)16-12-10-15(11-13-16)22(26)27;3*1-7(2,3)4-5-10-6(8)9/h2*3-14H,1-2H3,(H,27,28);2-14H,1H3,(H,26,27);3*4-5H2,1-3H3. The molecule has 672 valence electrons. The van der Waals surface area contributed by atoms with Crippen molar-refractivity contribution in [3.8, 4) is 79.6 Å². The molecule has 3 aromatic heterocycles. The smallest absolute Gasteiger partial charge is 0.505 e. The van der Waals surface area contributed by atoms with Crippen LogP contribution in [0.25, 0.3) is 50.8 Å². The topological polar surface area (TPSA) is 501 Å². The van der Waals surface area contributed by atoms with E-state index in [-0.39, 0.29) is 65.9 Å². The van der Waals surface area contributed by atoms with Gasteiger partial charge < -0.3 is 96.4 Å². The van der Waals surface area contributed by atoms with E-state index in [4.69, 9.17) is 39.0 Å². The molecule has 0 unspecified atom stereocenters. The number of methoxy groups -OCH3 is 5. The van der Waals surface area contributed by atoms with Crippen molar-refractivity contribution >= 4 is 65.9 Å². The van der Waals surface area contributed by atoms with E-state index >= 15 is 0 Å². The van der Waals surface area contributed by atoms with Gasteiger partial charge in [0.2, 0.25) is 29.5 Å². The van der Waals surface area contributed by atoms with Crippen LogP contribution in [0.2, 0.25) is 0 Å². The third kappa shape index (κ3) is 28.7. The summed E-state index contributed by atoms with van der Waals surface area (Å²) >= 11 is 0. The van der Waals surface area contributed by atoms with Gasteiger partial charge in [0.25, 0.3) is 0 Å². The van der Waals surface area contributed by atoms with E-state index in [9.17, 15) is 69.3 Å². The zero-order chi connectivity index (χ0) is 93.8. The van der Waals surface area contributed by atoms with Crippen LogP contribution in [0.1, 0.15) is 31.1 Å². The Morgan fingerprint density at radius 2 is 0.606 bits per heavy atom. The lowest BCUT2D eigenvalue weighted by Gasteiger charge is -2.22. The van der Waals surface area contributed by atoms with Crippen LogP contribution in [0.4, 0.5) is 14.4 Å². The molecule has 12 rings (SSSR count). The van der Waals surface area contributed by atoms with Crippen molar-refractivity contribution in [3.05, 3.63) is 242 Å². The molecule has 9 aromatic carbocycles. The Balaban J connectivity index is 0.000000225. The molecule has 0 spiro atoms. The Morgan fingerprint density at radius 1 is 0.331 bits per heavy atom. The number of hydrogen-bond acceptors (Lipinski definition) is 29. The van der Waals surface area contributed by atoms with Crippen molar-refractivity contribution in [1.82, 2.24) is 45.0 Å². The summed E-state index contributed by atoms with van der Waals surface area (Å²) in [5, 5.41) is 82.0. The number of aromatic carboxylic acids is 3. The van der Waals surface area contributed by atoms with E-state index in [1.54, 1.807) is 143 Å². The Labute approximate surface area is 731 Å². The van der Waals surface area contributed by atoms with Crippen LogP contribution in [0.15, 0.2) is 254 Å². The van der Waals surface area contributed by atoms with Crippen molar-refractivity contribution in [2.45, 2.75) is 29.4 Å². The predicted molar refractivity (Wildman–Crippen MR) is 452 cm³/mol. The van der Waals surface area contributed by atoms with Gasteiger partial charge in [-0.2, -0.15) is 0 Å². The average Bonchev–Trinajstić information content (AvgIpc) is 1.77. The molecule has 38 nitrogen and oxygen atoms in total. The number of para-hydroxylation sites is 2. The number of carboxylic acid groups (broad SMARTS) is 6. The summed E-state index contributed by atoms with van der Waals surface area (Å²) in [4.78, 5) is 62.4. The second-order valence-electron chi connectivity index (χ2n) is 29.7. The maximum absolute atomic E-state index is 13.3. The first kappa shape index (κ1) is 99.5. The minimum atomic E-state index is -3.97. The normalized spacial score (nSPS) is 11.2. The summed E-state index contributed by atoms with van der Waals surface area (Å²) in [6, 6.07) is 51.4. The van der Waals surface area contributed by atoms with Crippen molar-refractivity contribution in [1.29, 1.82) is 0 Å². The first-order chi connectivity index (χ1) is 59.9. The quantitative estimate of drug-likeness (QED) is 0.0231. The van der Waals surface area contributed by atoms with Crippen molar-refractivity contribution < 1.29 is 136 Å². The molecule has 3 N–H and O–H groups in total. The van der Waals surface area contributed by atoms with Gasteiger partial charge >= 0.3 is 18.5 Å². The van der Waals surface area contributed by atoms with Gasteiger partial charge in [0, 0.05) is 28.8 Å². The number of carboxylic acids is 3. The monoisotopic (exact) mass is 1810 g/mol. The van der Waals surface area contributed by atoms with Gasteiger partial charge in [0.15, 0.2) is 0 Å². The number of carbonyl (C=O) groups excluding carboxylic acids is 3. The molecule has 0 saturated carbocycles. The van der Waals surface area contributed by atoms with Gasteiger partial charge in [-0.1, -0.05) is 119 Å². The van der Waals surface area contributed by atoms with E-state index < -0.39 is 65.9 Å². The highest BCUT2D eigenvalue weighted by Crippen LogP contribution is 2.37. The van der Waals surface area contributed by atoms with Gasteiger partial charge in [0.05, 0.1) is 165 Å². The maximum Gasteiger partial charge on any atom is 0.505 e. The highest BCUT2D eigenvalue weighted by atomic mass is 32.2. The number of rotatable bonds is 29. The van der Waals surface area contributed by atoms with Gasteiger partial charge in [0.1, 0.15) is 102 Å². The van der Waals surface area contributed by atoms with E-state index in [0.29, 0.717) is 113 Å². The molecule has 0 radical (unpaired) electrons. The minimum Gasteiger partial charge on any atom is -0.545 e. The van der Waals surface area contributed by atoms with E-state index in [2.05, 4.69) is 45.1 Å². The molecular weight excluding hydrogens is 1710 g/mol. The van der Waals surface area contributed by atoms with Crippen molar-refractivity contribution in [2.24, 2.45) is 0 Å². The third-order valence-corrected chi connectivity index (χ3v) is 23.1. The fraction of sp³-hybridized carbons (Fsp3) is 0.233. The van der Waals surface area contributed by atoms with Crippen LogP contribution in [-0.2, 0) is 43.7 Å². The molecule has 41 heteroatoms. The number of nitrogens with zero attached hydrogens (tertiary/aromatic N) is 12. The molecule has 0 aliphatic carbocycles. The maximum atomic E-state index is 13.3. The number of sulfone groups is 3. The van der Waals surface area contributed by atoms with E-state index in [1.165, 1.54) is 119 Å². The number of hydrogen-bond donors (Lipinski definition) is 3. The molecule has 0 atom stereocenters. The van der Waals surface area contributed by atoms with Gasteiger partial charge in [-0.3, -0.25) is 0 Å². The van der Waals surface area contributed by atoms with Crippen LogP contribution >= 0.6 is 0 Å². The first-order valence-electron chi connectivity index (χ1n) is 37.7. The highest BCUT2D eigenvalue weighted by Gasteiger charge is 2.28. The summed E-state index contributed by atoms with van der Waals surface area (Å²) < 4.78 is 126. The second-order valence-corrected chi connectivity index (χ2v) is 35.5. The Kier molecular flexibility index (Phi) is 34.9. The molecule has 12 aromatic rings. The van der Waals surface area contributed by atoms with Gasteiger partial charge in [-0.15, -0.1) is 15.3 Å². The average molecular weight is 1810 g/mol. The molecule has 0 saturated heterocycles. The Bertz CT molecular complexity index is 6080. The number of aromatic nitrogens is 9. The number of likely N-dealkylation sites (N-methyl/N-ethyl adjacent to an activating group) is 3. The number of quaternary nitrogens is 3. The molecule has 0 bridgehead atoms. The van der Waals surface area contributed by atoms with Crippen LogP contribution < -0.4 is 39.0 Å².